The Hall–Kier alpha value is -1.32. The number of amides is 2. The van der Waals surface area contributed by atoms with E-state index in [1.54, 1.807) is 0 Å². The molecule has 0 aromatic heterocycles. The lowest BCUT2D eigenvalue weighted by molar-refractivity contribution is -0.137. The molecule has 1 saturated heterocycles. The molecule has 0 N–H and O–H groups in total. The van der Waals surface area contributed by atoms with Gasteiger partial charge >= 0.3 is 6.09 Å². The third-order valence-electron chi connectivity index (χ3n) is 7.17. The fourth-order valence-electron chi connectivity index (χ4n) is 6.46. The largest absolute Gasteiger partial charge is 0.447 e. The van der Waals surface area contributed by atoms with E-state index in [-0.39, 0.29) is 17.7 Å². The first-order valence-corrected chi connectivity index (χ1v) is 9.60. The summed E-state index contributed by atoms with van der Waals surface area (Å²) >= 11 is 0. The molecule has 4 heteroatoms. The standard InChI is InChI=1S/C20H29NO3/c1-3-13(2)17(18(22)21-4-5-24-19(21)23)12-20-9-14-6-15(10-20)8-16(7-14)11-20/h3,13-17H,1,4-12H2,2H3/t13-,14?,15?,16?,17+,20?/m1/s1. The number of hydrogen-bond donors (Lipinski definition) is 0. The van der Waals surface area contributed by atoms with Crippen LogP contribution in [0.1, 0.15) is 51.9 Å². The minimum atomic E-state index is -0.466. The van der Waals surface area contributed by atoms with E-state index in [9.17, 15) is 9.59 Å². The second-order valence-corrected chi connectivity index (χ2v) is 8.93. The van der Waals surface area contributed by atoms with Gasteiger partial charge in [-0.25, -0.2) is 9.69 Å². The van der Waals surface area contributed by atoms with Crippen molar-refractivity contribution in [2.75, 3.05) is 13.2 Å². The Morgan fingerprint density at radius 3 is 2.33 bits per heavy atom. The highest BCUT2D eigenvalue weighted by Crippen LogP contribution is 2.62. The van der Waals surface area contributed by atoms with Crippen LogP contribution in [0.25, 0.3) is 0 Å². The molecule has 5 aliphatic rings. The Kier molecular flexibility index (Phi) is 3.97. The number of hydrogen-bond acceptors (Lipinski definition) is 3. The normalized spacial score (nSPS) is 39.6. The average molecular weight is 331 g/mol. The van der Waals surface area contributed by atoms with Crippen molar-refractivity contribution >= 4 is 12.0 Å². The highest BCUT2D eigenvalue weighted by Gasteiger charge is 2.52. The van der Waals surface area contributed by atoms with E-state index in [2.05, 4.69) is 13.5 Å². The molecular weight excluding hydrogens is 302 g/mol. The third kappa shape index (κ3) is 2.68. The third-order valence-corrected chi connectivity index (χ3v) is 7.17. The van der Waals surface area contributed by atoms with Gasteiger partial charge in [-0.1, -0.05) is 13.0 Å². The molecule has 1 heterocycles. The summed E-state index contributed by atoms with van der Waals surface area (Å²) in [6.07, 6.45) is 10.4. The molecule has 5 fully saturated rings. The Labute approximate surface area is 144 Å². The molecule has 4 nitrogen and oxygen atoms in total. The zero-order valence-electron chi connectivity index (χ0n) is 14.7. The van der Waals surface area contributed by atoms with Crippen molar-refractivity contribution in [1.82, 2.24) is 4.90 Å². The predicted octanol–water partition coefficient (Wildman–Crippen LogP) is 4.01. The lowest BCUT2D eigenvalue weighted by Crippen LogP contribution is -2.49. The van der Waals surface area contributed by atoms with Crippen molar-refractivity contribution in [1.29, 1.82) is 0 Å². The number of rotatable bonds is 5. The Morgan fingerprint density at radius 1 is 1.29 bits per heavy atom. The molecule has 0 spiro atoms. The zero-order chi connectivity index (χ0) is 16.9. The summed E-state index contributed by atoms with van der Waals surface area (Å²) in [5.74, 6) is 2.55. The number of allylic oxidation sites excluding steroid dienone is 1. The summed E-state index contributed by atoms with van der Waals surface area (Å²) in [7, 11) is 0. The van der Waals surface area contributed by atoms with Crippen molar-refractivity contribution < 1.29 is 14.3 Å². The van der Waals surface area contributed by atoms with Crippen LogP contribution in [0, 0.1) is 35.0 Å². The van der Waals surface area contributed by atoms with Gasteiger partial charge in [-0.3, -0.25) is 4.79 Å². The van der Waals surface area contributed by atoms with E-state index in [0.717, 1.165) is 24.2 Å². The van der Waals surface area contributed by atoms with E-state index in [1.807, 2.05) is 6.08 Å². The second kappa shape index (κ2) is 5.89. The first kappa shape index (κ1) is 16.2. The summed E-state index contributed by atoms with van der Waals surface area (Å²) in [4.78, 5) is 26.2. The maximum absolute atomic E-state index is 13.1. The molecule has 4 saturated carbocycles. The van der Waals surface area contributed by atoms with Crippen LogP contribution in [-0.2, 0) is 9.53 Å². The fourth-order valence-corrected chi connectivity index (χ4v) is 6.46. The molecular formula is C20H29NO3. The van der Waals surface area contributed by atoms with Crippen LogP contribution in [-0.4, -0.2) is 30.1 Å². The van der Waals surface area contributed by atoms with Gasteiger partial charge in [-0.2, -0.15) is 0 Å². The Bertz CT molecular complexity index is 520. The summed E-state index contributed by atoms with van der Waals surface area (Å²) in [5.41, 5.74) is 0.329. The van der Waals surface area contributed by atoms with E-state index in [4.69, 9.17) is 4.74 Å². The van der Waals surface area contributed by atoms with Gasteiger partial charge in [0.1, 0.15) is 6.61 Å². The number of imide groups is 1. The van der Waals surface area contributed by atoms with Gasteiger partial charge in [0, 0.05) is 5.92 Å². The van der Waals surface area contributed by atoms with E-state index in [0.29, 0.717) is 18.6 Å². The van der Waals surface area contributed by atoms with Crippen LogP contribution in [0.4, 0.5) is 4.79 Å². The molecule has 1 aliphatic heterocycles. The minimum absolute atomic E-state index is 0.0411. The SMILES string of the molecule is C=C[C@@H](C)[C@H](CC12CC3CC(CC(C3)C1)C2)C(=O)N1CCOC1=O. The lowest BCUT2D eigenvalue weighted by Gasteiger charge is -2.58. The number of carbonyl (C=O) groups is 2. The summed E-state index contributed by atoms with van der Waals surface area (Å²) in [6.45, 7) is 6.72. The van der Waals surface area contributed by atoms with Crippen LogP contribution >= 0.6 is 0 Å². The van der Waals surface area contributed by atoms with Crippen molar-refractivity contribution in [3.63, 3.8) is 0 Å². The van der Waals surface area contributed by atoms with Crippen molar-refractivity contribution in [2.24, 2.45) is 35.0 Å². The maximum Gasteiger partial charge on any atom is 0.416 e. The van der Waals surface area contributed by atoms with Gasteiger partial charge in [-0.15, -0.1) is 6.58 Å². The zero-order valence-corrected chi connectivity index (χ0v) is 14.7. The first-order valence-electron chi connectivity index (χ1n) is 9.60. The molecule has 2 atom stereocenters. The van der Waals surface area contributed by atoms with Crippen LogP contribution in [0.3, 0.4) is 0 Å². The topological polar surface area (TPSA) is 46.6 Å². The molecule has 4 bridgehead atoms. The quantitative estimate of drug-likeness (QED) is 0.715. The molecule has 5 rings (SSSR count). The molecule has 0 unspecified atom stereocenters. The van der Waals surface area contributed by atoms with Gasteiger partial charge in [0.15, 0.2) is 0 Å². The number of cyclic esters (lactones) is 1. The Morgan fingerprint density at radius 2 is 1.88 bits per heavy atom. The smallest absolute Gasteiger partial charge is 0.416 e. The molecule has 132 valence electrons. The summed E-state index contributed by atoms with van der Waals surface area (Å²) in [6, 6.07) is 0. The predicted molar refractivity (Wildman–Crippen MR) is 91.1 cm³/mol. The monoisotopic (exact) mass is 331 g/mol. The molecule has 24 heavy (non-hydrogen) atoms. The molecule has 0 aromatic carbocycles. The van der Waals surface area contributed by atoms with Gasteiger partial charge in [0.05, 0.1) is 6.54 Å². The van der Waals surface area contributed by atoms with E-state index in [1.165, 1.54) is 43.4 Å². The van der Waals surface area contributed by atoms with Gasteiger partial charge in [-0.05, 0) is 74.0 Å². The van der Waals surface area contributed by atoms with Crippen LogP contribution in [0.15, 0.2) is 12.7 Å². The summed E-state index contributed by atoms with van der Waals surface area (Å²) in [5, 5.41) is 0. The van der Waals surface area contributed by atoms with Crippen molar-refractivity contribution in [2.45, 2.75) is 51.9 Å². The summed E-state index contributed by atoms with van der Waals surface area (Å²) < 4.78 is 4.98. The van der Waals surface area contributed by atoms with E-state index < -0.39 is 6.09 Å². The van der Waals surface area contributed by atoms with Crippen LogP contribution in [0.5, 0.6) is 0 Å². The van der Waals surface area contributed by atoms with Gasteiger partial charge < -0.3 is 4.74 Å². The second-order valence-electron chi connectivity index (χ2n) is 8.93. The van der Waals surface area contributed by atoms with Gasteiger partial charge in [0.25, 0.3) is 0 Å². The molecule has 4 aliphatic carbocycles. The first-order chi connectivity index (χ1) is 11.5. The number of nitrogens with zero attached hydrogens (tertiary/aromatic N) is 1. The lowest BCUT2D eigenvalue weighted by atomic mass is 9.47. The molecule has 2 amide bonds. The molecule has 0 radical (unpaired) electrons. The van der Waals surface area contributed by atoms with Crippen molar-refractivity contribution in [3.05, 3.63) is 12.7 Å². The van der Waals surface area contributed by atoms with E-state index >= 15 is 0 Å². The van der Waals surface area contributed by atoms with Crippen LogP contribution in [0.2, 0.25) is 0 Å². The fraction of sp³-hybridized carbons (Fsp3) is 0.800. The highest BCUT2D eigenvalue weighted by atomic mass is 16.6. The van der Waals surface area contributed by atoms with Crippen molar-refractivity contribution in [3.8, 4) is 0 Å². The minimum Gasteiger partial charge on any atom is -0.447 e. The van der Waals surface area contributed by atoms with Crippen LogP contribution < -0.4 is 0 Å². The average Bonchev–Trinajstić information content (AvgIpc) is 2.96. The molecule has 0 aromatic rings. The highest BCUT2D eigenvalue weighted by molar-refractivity contribution is 5.94. The van der Waals surface area contributed by atoms with Gasteiger partial charge in [0.2, 0.25) is 5.91 Å². The number of ether oxygens (including phenoxy) is 1. The maximum atomic E-state index is 13.1. The Balaban J connectivity index is 1.55. The number of carbonyl (C=O) groups excluding carboxylic acids is 2.